The first-order valence-corrected chi connectivity index (χ1v) is 6.69. The van der Waals surface area contributed by atoms with E-state index in [1.165, 1.54) is 12.1 Å². The number of Topliss-reactive ketones (excluding diaryl/α,β-unsaturated/α-hetero) is 1. The van der Waals surface area contributed by atoms with Gasteiger partial charge in [0.15, 0.2) is 5.78 Å². The van der Waals surface area contributed by atoms with Crippen LogP contribution < -0.4 is 0 Å². The maximum Gasteiger partial charge on any atom is 0.165 e. The predicted octanol–water partition coefficient (Wildman–Crippen LogP) is 2.96. The average molecular weight is 270 g/mol. The molecule has 104 valence electrons. The van der Waals surface area contributed by atoms with Crippen molar-refractivity contribution in [3.63, 3.8) is 0 Å². The van der Waals surface area contributed by atoms with E-state index in [1.54, 1.807) is 12.1 Å². The Morgan fingerprint density at radius 2 is 1.65 bits per heavy atom. The molecule has 3 nitrogen and oxygen atoms in total. The van der Waals surface area contributed by atoms with Gasteiger partial charge in [0.1, 0.15) is 5.75 Å². The van der Waals surface area contributed by atoms with Crippen LogP contribution in [0.15, 0.2) is 54.6 Å². The SMILES string of the molecule is O=C(C[C@H](O)CCc1ccccc1)c1ccc(O)cc1. The second kappa shape index (κ2) is 6.87. The molecule has 0 unspecified atom stereocenters. The van der Waals surface area contributed by atoms with Gasteiger partial charge in [-0.2, -0.15) is 0 Å². The molecular formula is C17H18O3. The molecule has 0 fully saturated rings. The van der Waals surface area contributed by atoms with Crippen molar-refractivity contribution < 1.29 is 15.0 Å². The van der Waals surface area contributed by atoms with Gasteiger partial charge in [-0.25, -0.2) is 0 Å². The van der Waals surface area contributed by atoms with Gasteiger partial charge >= 0.3 is 0 Å². The lowest BCUT2D eigenvalue weighted by Gasteiger charge is -2.10. The first kappa shape index (κ1) is 14.3. The summed E-state index contributed by atoms with van der Waals surface area (Å²) in [6.07, 6.45) is 0.785. The first-order valence-electron chi connectivity index (χ1n) is 6.69. The highest BCUT2D eigenvalue weighted by Crippen LogP contribution is 2.14. The van der Waals surface area contributed by atoms with Crippen molar-refractivity contribution in [2.45, 2.75) is 25.4 Å². The molecule has 0 spiro atoms. The number of phenolic OH excluding ortho intramolecular Hbond substituents is 1. The van der Waals surface area contributed by atoms with Crippen LogP contribution in [0.1, 0.15) is 28.8 Å². The molecule has 0 aliphatic rings. The highest BCUT2D eigenvalue weighted by atomic mass is 16.3. The molecule has 0 aromatic heterocycles. The topological polar surface area (TPSA) is 57.5 Å². The molecule has 0 amide bonds. The van der Waals surface area contributed by atoms with Crippen LogP contribution in [0, 0.1) is 0 Å². The third-order valence-electron chi connectivity index (χ3n) is 3.22. The molecule has 3 heteroatoms. The van der Waals surface area contributed by atoms with Gasteiger partial charge in [-0.05, 0) is 42.7 Å². The van der Waals surface area contributed by atoms with Gasteiger partial charge < -0.3 is 10.2 Å². The Labute approximate surface area is 118 Å². The summed E-state index contributed by atoms with van der Waals surface area (Å²) >= 11 is 0. The number of aromatic hydroxyl groups is 1. The molecule has 20 heavy (non-hydrogen) atoms. The van der Waals surface area contributed by atoms with E-state index in [1.807, 2.05) is 30.3 Å². The van der Waals surface area contributed by atoms with Gasteiger partial charge in [0, 0.05) is 12.0 Å². The van der Waals surface area contributed by atoms with Crippen LogP contribution in [0.25, 0.3) is 0 Å². The number of benzene rings is 2. The zero-order chi connectivity index (χ0) is 14.4. The summed E-state index contributed by atoms with van der Waals surface area (Å²) in [6, 6.07) is 16.0. The fourth-order valence-electron chi connectivity index (χ4n) is 2.06. The number of carbonyl (C=O) groups is 1. The lowest BCUT2D eigenvalue weighted by Crippen LogP contribution is -2.14. The van der Waals surface area contributed by atoms with E-state index in [-0.39, 0.29) is 18.0 Å². The number of hydrogen-bond donors (Lipinski definition) is 2. The van der Waals surface area contributed by atoms with Crippen molar-refractivity contribution in [3.8, 4) is 5.75 Å². The lowest BCUT2D eigenvalue weighted by atomic mass is 10.0. The molecule has 0 aliphatic heterocycles. The van der Waals surface area contributed by atoms with Crippen LogP contribution >= 0.6 is 0 Å². The zero-order valence-electron chi connectivity index (χ0n) is 11.2. The predicted molar refractivity (Wildman–Crippen MR) is 77.8 cm³/mol. The smallest absolute Gasteiger partial charge is 0.165 e. The minimum Gasteiger partial charge on any atom is -0.508 e. The summed E-state index contributed by atoms with van der Waals surface area (Å²) in [4.78, 5) is 11.9. The second-order valence-electron chi connectivity index (χ2n) is 4.85. The van der Waals surface area contributed by atoms with Crippen molar-refractivity contribution in [1.82, 2.24) is 0 Å². The van der Waals surface area contributed by atoms with Crippen molar-refractivity contribution in [1.29, 1.82) is 0 Å². The van der Waals surface area contributed by atoms with E-state index in [9.17, 15) is 9.90 Å². The van der Waals surface area contributed by atoms with Gasteiger partial charge in [-0.3, -0.25) is 4.79 Å². The van der Waals surface area contributed by atoms with Gasteiger partial charge in [0.25, 0.3) is 0 Å². The Balaban J connectivity index is 1.83. The molecule has 2 rings (SSSR count). The number of carbonyl (C=O) groups excluding carboxylic acids is 1. The molecule has 2 aromatic carbocycles. The number of hydrogen-bond acceptors (Lipinski definition) is 3. The summed E-state index contributed by atoms with van der Waals surface area (Å²) in [5, 5.41) is 19.1. The van der Waals surface area contributed by atoms with Crippen LogP contribution in [0.2, 0.25) is 0 Å². The second-order valence-corrected chi connectivity index (χ2v) is 4.85. The van der Waals surface area contributed by atoms with Gasteiger partial charge in [-0.1, -0.05) is 30.3 Å². The van der Waals surface area contributed by atoms with Crippen molar-refractivity contribution in [2.75, 3.05) is 0 Å². The lowest BCUT2D eigenvalue weighted by molar-refractivity contribution is 0.0868. The maximum absolute atomic E-state index is 11.9. The van der Waals surface area contributed by atoms with Crippen LogP contribution in [0.4, 0.5) is 0 Å². The number of rotatable bonds is 6. The van der Waals surface area contributed by atoms with Crippen molar-refractivity contribution >= 4 is 5.78 Å². The third kappa shape index (κ3) is 4.21. The molecule has 0 saturated heterocycles. The van der Waals surface area contributed by atoms with Gasteiger partial charge in [0.05, 0.1) is 6.10 Å². The third-order valence-corrected chi connectivity index (χ3v) is 3.22. The Bertz CT molecular complexity index is 546. The molecule has 0 radical (unpaired) electrons. The van der Waals surface area contributed by atoms with Crippen LogP contribution in [-0.2, 0) is 6.42 Å². The quantitative estimate of drug-likeness (QED) is 0.793. The molecule has 2 N–H and O–H groups in total. The molecule has 0 heterocycles. The molecule has 0 saturated carbocycles. The largest absolute Gasteiger partial charge is 0.508 e. The van der Waals surface area contributed by atoms with E-state index in [4.69, 9.17) is 5.11 Å². The van der Waals surface area contributed by atoms with E-state index in [0.717, 1.165) is 12.0 Å². The monoisotopic (exact) mass is 270 g/mol. The minimum absolute atomic E-state index is 0.106. The van der Waals surface area contributed by atoms with Crippen molar-refractivity contribution in [2.24, 2.45) is 0 Å². The Morgan fingerprint density at radius 1 is 1.00 bits per heavy atom. The van der Waals surface area contributed by atoms with Gasteiger partial charge in [-0.15, -0.1) is 0 Å². The standard InChI is InChI=1S/C17H18O3/c18-15-10-7-14(8-11-15)17(20)12-16(19)9-6-13-4-2-1-3-5-13/h1-5,7-8,10-11,16,18-19H,6,9,12H2/t16-/m1/s1. The van der Waals surface area contributed by atoms with E-state index in [0.29, 0.717) is 12.0 Å². The molecule has 0 aliphatic carbocycles. The summed E-state index contributed by atoms with van der Waals surface area (Å²) in [7, 11) is 0. The first-order chi connectivity index (χ1) is 9.65. The summed E-state index contributed by atoms with van der Waals surface area (Å²) < 4.78 is 0. The van der Waals surface area contributed by atoms with Crippen LogP contribution in [0.3, 0.4) is 0 Å². The van der Waals surface area contributed by atoms with E-state index >= 15 is 0 Å². The summed E-state index contributed by atoms with van der Waals surface area (Å²) in [6.45, 7) is 0. The number of phenols is 1. The van der Waals surface area contributed by atoms with E-state index < -0.39 is 6.10 Å². The Morgan fingerprint density at radius 3 is 2.30 bits per heavy atom. The molecule has 1 atom stereocenters. The number of aryl methyl sites for hydroxylation is 1. The van der Waals surface area contributed by atoms with Crippen molar-refractivity contribution in [3.05, 3.63) is 65.7 Å². The normalized spacial score (nSPS) is 12.1. The fraction of sp³-hybridized carbons (Fsp3) is 0.235. The fourth-order valence-corrected chi connectivity index (χ4v) is 2.06. The van der Waals surface area contributed by atoms with Crippen LogP contribution in [0.5, 0.6) is 5.75 Å². The van der Waals surface area contributed by atoms with E-state index in [2.05, 4.69) is 0 Å². The summed E-state index contributed by atoms with van der Waals surface area (Å²) in [5.74, 6) is 0.0248. The summed E-state index contributed by atoms with van der Waals surface area (Å²) in [5.41, 5.74) is 1.67. The molecular weight excluding hydrogens is 252 g/mol. The van der Waals surface area contributed by atoms with Crippen LogP contribution in [-0.4, -0.2) is 22.1 Å². The zero-order valence-corrected chi connectivity index (χ0v) is 11.2. The number of aliphatic hydroxyl groups excluding tert-OH is 1. The molecule has 0 bridgehead atoms. The maximum atomic E-state index is 11.9. The number of ketones is 1. The highest BCUT2D eigenvalue weighted by Gasteiger charge is 2.12. The Kier molecular flexibility index (Phi) is 4.91. The molecule has 2 aromatic rings. The minimum atomic E-state index is -0.642. The Hall–Kier alpha value is -2.13. The van der Waals surface area contributed by atoms with Gasteiger partial charge in [0.2, 0.25) is 0 Å². The average Bonchev–Trinajstić information content (AvgIpc) is 2.47. The highest BCUT2D eigenvalue weighted by molar-refractivity contribution is 5.96. The number of aliphatic hydroxyl groups is 1.